The molecule has 0 saturated carbocycles. The van der Waals surface area contributed by atoms with Crippen molar-refractivity contribution in [1.29, 1.82) is 0 Å². The van der Waals surface area contributed by atoms with Crippen LogP contribution in [-0.2, 0) is 11.3 Å². The second kappa shape index (κ2) is 3.71. The van der Waals surface area contributed by atoms with E-state index >= 15 is 0 Å². The zero-order valence-electron chi connectivity index (χ0n) is 6.78. The highest BCUT2D eigenvalue weighted by Gasteiger charge is 1.96. The molecule has 0 aromatic carbocycles. The number of likely N-dealkylation sites (N-methyl/N-ethyl adjacent to an activating group) is 1. The largest absolute Gasteiger partial charge is 0.358 e. The zero-order chi connectivity index (χ0) is 8.97. The molecule has 1 aromatic heterocycles. The summed E-state index contributed by atoms with van der Waals surface area (Å²) in [6, 6.07) is 2.84. The predicted molar refractivity (Wildman–Crippen MR) is 44.8 cm³/mol. The van der Waals surface area contributed by atoms with Crippen LogP contribution in [0.15, 0.2) is 29.3 Å². The van der Waals surface area contributed by atoms with Crippen LogP contribution in [-0.4, -0.2) is 17.5 Å². The van der Waals surface area contributed by atoms with Crippen molar-refractivity contribution in [2.45, 2.75) is 6.54 Å². The number of nitrogens with one attached hydrogen (secondary N) is 1. The molecule has 12 heavy (non-hydrogen) atoms. The van der Waals surface area contributed by atoms with Gasteiger partial charge in [-0.25, -0.2) is 0 Å². The van der Waals surface area contributed by atoms with E-state index in [1.807, 2.05) is 0 Å². The number of aromatic nitrogens is 1. The molecule has 0 spiro atoms. The van der Waals surface area contributed by atoms with Gasteiger partial charge in [-0.05, 0) is 0 Å². The minimum absolute atomic E-state index is 0.0526. The number of pyridine rings is 1. The maximum atomic E-state index is 10.9. The third-order valence-corrected chi connectivity index (χ3v) is 1.47. The highest BCUT2D eigenvalue weighted by Crippen LogP contribution is 1.83. The average Bonchev–Trinajstić information content (AvgIpc) is 2.09. The van der Waals surface area contributed by atoms with Crippen molar-refractivity contribution in [3.05, 3.63) is 34.7 Å². The first kappa shape index (κ1) is 8.52. The molecule has 1 rings (SSSR count). The van der Waals surface area contributed by atoms with Crippen molar-refractivity contribution in [2.24, 2.45) is 0 Å². The molecule has 0 bridgehead atoms. The minimum atomic E-state index is -0.0846. The molecular weight excluding hydrogens is 156 g/mol. The Labute approximate surface area is 69.8 Å². The number of hydrogen-bond acceptors (Lipinski definition) is 2. The molecule has 4 nitrogen and oxygen atoms in total. The SMILES string of the molecule is CNC(=O)Cn1ccc(=O)cc1. The molecule has 0 aliphatic heterocycles. The van der Waals surface area contributed by atoms with Crippen molar-refractivity contribution in [3.63, 3.8) is 0 Å². The molecule has 1 aromatic rings. The lowest BCUT2D eigenvalue weighted by Gasteiger charge is -2.02. The van der Waals surface area contributed by atoms with Crippen molar-refractivity contribution in [2.75, 3.05) is 7.05 Å². The lowest BCUT2D eigenvalue weighted by Crippen LogP contribution is -2.23. The smallest absolute Gasteiger partial charge is 0.239 e. The Morgan fingerprint density at radius 1 is 1.50 bits per heavy atom. The monoisotopic (exact) mass is 166 g/mol. The van der Waals surface area contributed by atoms with E-state index in [2.05, 4.69) is 5.32 Å². The lowest BCUT2D eigenvalue weighted by molar-refractivity contribution is -0.121. The van der Waals surface area contributed by atoms with Crippen molar-refractivity contribution >= 4 is 5.91 Å². The van der Waals surface area contributed by atoms with Crippen molar-refractivity contribution in [3.8, 4) is 0 Å². The molecule has 0 aliphatic rings. The molecule has 0 unspecified atom stereocenters. The van der Waals surface area contributed by atoms with Crippen LogP contribution in [0.3, 0.4) is 0 Å². The average molecular weight is 166 g/mol. The summed E-state index contributed by atoms with van der Waals surface area (Å²) in [6.07, 6.45) is 3.16. The summed E-state index contributed by atoms with van der Waals surface area (Å²) in [4.78, 5) is 21.5. The van der Waals surface area contributed by atoms with Crippen LogP contribution in [0.4, 0.5) is 0 Å². The molecule has 0 aliphatic carbocycles. The van der Waals surface area contributed by atoms with Crippen LogP contribution in [0.25, 0.3) is 0 Å². The van der Waals surface area contributed by atoms with Gasteiger partial charge in [0.1, 0.15) is 6.54 Å². The first-order chi connectivity index (χ1) is 5.72. The van der Waals surface area contributed by atoms with E-state index in [1.54, 1.807) is 24.0 Å². The van der Waals surface area contributed by atoms with Gasteiger partial charge in [0.05, 0.1) is 0 Å². The second-order valence-corrected chi connectivity index (χ2v) is 2.38. The standard InChI is InChI=1S/C8H10N2O2/c1-9-8(12)6-10-4-2-7(11)3-5-10/h2-5H,6H2,1H3,(H,9,12). The summed E-state index contributed by atoms with van der Waals surface area (Å²) in [5, 5.41) is 2.49. The highest BCUT2D eigenvalue weighted by molar-refractivity contribution is 5.75. The number of nitrogens with zero attached hydrogens (tertiary/aromatic N) is 1. The van der Waals surface area contributed by atoms with Gasteiger partial charge in [0.2, 0.25) is 5.91 Å². The molecule has 0 atom stereocenters. The van der Waals surface area contributed by atoms with Crippen molar-refractivity contribution in [1.82, 2.24) is 9.88 Å². The van der Waals surface area contributed by atoms with Gasteiger partial charge < -0.3 is 9.88 Å². The van der Waals surface area contributed by atoms with Gasteiger partial charge in [-0.1, -0.05) is 0 Å². The van der Waals surface area contributed by atoms with Gasteiger partial charge in [0, 0.05) is 31.6 Å². The predicted octanol–water partition coefficient (Wildman–Crippen LogP) is -0.406. The van der Waals surface area contributed by atoms with Gasteiger partial charge >= 0.3 is 0 Å². The maximum absolute atomic E-state index is 10.9. The number of amides is 1. The topological polar surface area (TPSA) is 51.1 Å². The summed E-state index contributed by atoms with van der Waals surface area (Å²) in [7, 11) is 1.57. The van der Waals surface area contributed by atoms with Crippen molar-refractivity contribution < 1.29 is 4.79 Å². The normalized spacial score (nSPS) is 9.42. The quantitative estimate of drug-likeness (QED) is 0.649. The molecule has 0 radical (unpaired) electrons. The van der Waals surface area contributed by atoms with Gasteiger partial charge in [-0.15, -0.1) is 0 Å². The van der Waals surface area contributed by atoms with Gasteiger partial charge in [0.25, 0.3) is 0 Å². The Morgan fingerprint density at radius 2 is 2.08 bits per heavy atom. The van der Waals surface area contributed by atoms with Crippen LogP contribution >= 0.6 is 0 Å². The molecule has 0 fully saturated rings. The van der Waals surface area contributed by atoms with Crippen LogP contribution in [0.2, 0.25) is 0 Å². The van der Waals surface area contributed by atoms with Gasteiger partial charge in [-0.3, -0.25) is 9.59 Å². The first-order valence-corrected chi connectivity index (χ1v) is 3.59. The van der Waals surface area contributed by atoms with E-state index in [0.29, 0.717) is 0 Å². The van der Waals surface area contributed by atoms with E-state index in [1.165, 1.54) is 12.1 Å². The van der Waals surface area contributed by atoms with Gasteiger partial charge in [0.15, 0.2) is 5.43 Å². The summed E-state index contributed by atoms with van der Waals surface area (Å²) in [5.41, 5.74) is -0.0526. The first-order valence-electron chi connectivity index (χ1n) is 3.59. The number of carbonyl (C=O) groups is 1. The fourth-order valence-corrected chi connectivity index (χ4v) is 0.794. The lowest BCUT2D eigenvalue weighted by atomic mass is 10.4. The minimum Gasteiger partial charge on any atom is -0.358 e. The number of hydrogen-bond donors (Lipinski definition) is 1. The van der Waals surface area contributed by atoms with E-state index in [0.717, 1.165) is 0 Å². The molecule has 1 heterocycles. The zero-order valence-corrected chi connectivity index (χ0v) is 6.78. The molecule has 1 amide bonds. The van der Waals surface area contributed by atoms with Crippen LogP contribution in [0.1, 0.15) is 0 Å². The number of carbonyl (C=O) groups excluding carboxylic acids is 1. The summed E-state index contributed by atoms with van der Waals surface area (Å²) in [5.74, 6) is -0.0846. The Kier molecular flexibility index (Phi) is 2.63. The summed E-state index contributed by atoms with van der Waals surface area (Å²) < 4.78 is 1.64. The molecule has 4 heteroatoms. The van der Waals surface area contributed by atoms with Crippen LogP contribution < -0.4 is 10.7 Å². The third kappa shape index (κ3) is 2.23. The Balaban J connectivity index is 2.71. The van der Waals surface area contributed by atoms with Gasteiger partial charge in [-0.2, -0.15) is 0 Å². The highest BCUT2D eigenvalue weighted by atomic mass is 16.1. The van der Waals surface area contributed by atoms with E-state index in [-0.39, 0.29) is 17.9 Å². The van der Waals surface area contributed by atoms with E-state index in [9.17, 15) is 9.59 Å². The molecule has 0 saturated heterocycles. The molecular formula is C8H10N2O2. The fourth-order valence-electron chi connectivity index (χ4n) is 0.794. The number of rotatable bonds is 2. The van der Waals surface area contributed by atoms with E-state index < -0.39 is 0 Å². The Bertz CT molecular complexity index is 310. The fraction of sp³-hybridized carbons (Fsp3) is 0.250. The van der Waals surface area contributed by atoms with Crippen LogP contribution in [0, 0.1) is 0 Å². The van der Waals surface area contributed by atoms with E-state index in [4.69, 9.17) is 0 Å². The molecule has 64 valence electrons. The summed E-state index contributed by atoms with van der Waals surface area (Å²) >= 11 is 0. The summed E-state index contributed by atoms with van der Waals surface area (Å²) in [6.45, 7) is 0.247. The maximum Gasteiger partial charge on any atom is 0.239 e. The second-order valence-electron chi connectivity index (χ2n) is 2.38. The molecule has 1 N–H and O–H groups in total. The third-order valence-electron chi connectivity index (χ3n) is 1.47. The Morgan fingerprint density at radius 3 is 2.58 bits per heavy atom. The Hall–Kier alpha value is -1.58. The van der Waals surface area contributed by atoms with Crippen LogP contribution in [0.5, 0.6) is 0 Å².